The van der Waals surface area contributed by atoms with Gasteiger partial charge < -0.3 is 9.47 Å². The molecular weight excluding hydrogens is 469 g/mol. The maximum absolute atomic E-state index is 14.3. The molecule has 0 aliphatic heterocycles. The van der Waals surface area contributed by atoms with E-state index in [0.29, 0.717) is 28.6 Å². The molecule has 1 aromatic heterocycles. The third-order valence-corrected chi connectivity index (χ3v) is 6.01. The first kappa shape index (κ1) is 23.9. The number of pyridine rings is 1. The summed E-state index contributed by atoms with van der Waals surface area (Å²) in [6.07, 6.45) is 2.81. The number of aromatic nitrogens is 1. The van der Waals surface area contributed by atoms with E-state index in [9.17, 15) is 12.8 Å². The number of benzene rings is 3. The summed E-state index contributed by atoms with van der Waals surface area (Å²) >= 11 is 0. The molecule has 4 rings (SSSR count). The molecule has 9 heteroatoms. The van der Waals surface area contributed by atoms with E-state index < -0.39 is 15.7 Å². The number of ether oxygens (including phenoxy) is 2. The number of rotatable bonds is 8. The Hall–Kier alpha value is -4.24. The summed E-state index contributed by atoms with van der Waals surface area (Å²) < 4.78 is 49.3. The first-order chi connectivity index (χ1) is 16.8. The van der Waals surface area contributed by atoms with Gasteiger partial charge in [0, 0.05) is 18.5 Å². The van der Waals surface area contributed by atoms with Gasteiger partial charge in [0.05, 0.1) is 22.0 Å². The van der Waals surface area contributed by atoms with Crippen molar-refractivity contribution in [2.24, 2.45) is 5.10 Å². The molecule has 0 spiro atoms. The van der Waals surface area contributed by atoms with E-state index in [0.717, 1.165) is 6.26 Å². The zero-order valence-corrected chi connectivity index (χ0v) is 19.8. The van der Waals surface area contributed by atoms with E-state index in [-0.39, 0.29) is 16.4 Å². The smallest absolute Gasteiger partial charge is 0.175 e. The fourth-order valence-corrected chi connectivity index (χ4v) is 3.69. The van der Waals surface area contributed by atoms with E-state index in [1.807, 2.05) is 25.1 Å². The van der Waals surface area contributed by atoms with Crippen LogP contribution in [0.2, 0.25) is 0 Å². The number of anilines is 1. The molecule has 4 aromatic rings. The molecule has 7 nitrogen and oxygen atoms in total. The van der Waals surface area contributed by atoms with E-state index in [4.69, 9.17) is 9.47 Å². The summed E-state index contributed by atoms with van der Waals surface area (Å²) in [5.41, 5.74) is 4.77. The van der Waals surface area contributed by atoms with Gasteiger partial charge in [-0.25, -0.2) is 12.8 Å². The molecule has 178 valence electrons. The number of hydrogen-bond acceptors (Lipinski definition) is 7. The Morgan fingerprint density at radius 1 is 0.886 bits per heavy atom. The predicted molar refractivity (Wildman–Crippen MR) is 133 cm³/mol. The standard InChI is InChI=1S/C26H22FN3O4S/c1-18(23-8-5-6-16-28-23)29-30-24-15-12-20(17-26(24)34-25-9-4-3-7-22(25)27)33-19-10-13-21(14-11-19)35(2,31)32/h3-17,30H,1-2H3/b29-18+. The molecule has 0 aliphatic rings. The summed E-state index contributed by atoms with van der Waals surface area (Å²) in [5.74, 6) is 0.626. The van der Waals surface area contributed by atoms with Gasteiger partial charge in [0.25, 0.3) is 0 Å². The summed E-state index contributed by atoms with van der Waals surface area (Å²) in [6.45, 7) is 1.81. The van der Waals surface area contributed by atoms with Gasteiger partial charge in [0.2, 0.25) is 0 Å². The number of hydrazone groups is 1. The largest absolute Gasteiger partial charge is 0.457 e. The van der Waals surface area contributed by atoms with Crippen LogP contribution in [0.3, 0.4) is 0 Å². The highest BCUT2D eigenvalue weighted by atomic mass is 32.2. The predicted octanol–water partition coefficient (Wildman–Crippen LogP) is 6.04. The molecule has 0 saturated heterocycles. The van der Waals surface area contributed by atoms with Crippen molar-refractivity contribution in [3.05, 3.63) is 103 Å². The Kier molecular flexibility index (Phi) is 7.07. The first-order valence-corrected chi connectivity index (χ1v) is 12.4. The van der Waals surface area contributed by atoms with E-state index in [2.05, 4.69) is 15.5 Å². The number of sulfone groups is 1. The Morgan fingerprint density at radius 3 is 2.29 bits per heavy atom. The number of hydrogen-bond donors (Lipinski definition) is 1. The lowest BCUT2D eigenvalue weighted by molar-refractivity contribution is 0.436. The lowest BCUT2D eigenvalue weighted by Crippen LogP contribution is -2.03. The SMILES string of the molecule is C/C(=N\Nc1ccc(Oc2ccc(S(C)(=O)=O)cc2)cc1Oc1ccccc1F)c1ccccn1. The van der Waals surface area contributed by atoms with Crippen LogP contribution in [-0.4, -0.2) is 25.4 Å². The highest BCUT2D eigenvalue weighted by molar-refractivity contribution is 7.90. The van der Waals surface area contributed by atoms with Crippen LogP contribution in [0.4, 0.5) is 10.1 Å². The molecule has 1 heterocycles. The van der Waals surface area contributed by atoms with Crippen molar-refractivity contribution in [3.8, 4) is 23.0 Å². The van der Waals surface area contributed by atoms with Crippen LogP contribution in [0, 0.1) is 5.82 Å². The van der Waals surface area contributed by atoms with Gasteiger partial charge >= 0.3 is 0 Å². The lowest BCUT2D eigenvalue weighted by atomic mass is 10.2. The topological polar surface area (TPSA) is 89.9 Å². The molecule has 3 aromatic carbocycles. The second-order valence-corrected chi connectivity index (χ2v) is 9.58. The molecule has 0 amide bonds. The quantitative estimate of drug-likeness (QED) is 0.239. The van der Waals surface area contributed by atoms with Crippen LogP contribution in [0.25, 0.3) is 0 Å². The minimum Gasteiger partial charge on any atom is -0.457 e. The zero-order chi connectivity index (χ0) is 24.8. The van der Waals surface area contributed by atoms with Crippen molar-refractivity contribution in [2.75, 3.05) is 11.7 Å². The first-order valence-electron chi connectivity index (χ1n) is 10.6. The highest BCUT2D eigenvalue weighted by Crippen LogP contribution is 2.36. The molecule has 0 fully saturated rings. The Bertz CT molecular complexity index is 1460. The molecule has 0 aliphatic carbocycles. The molecule has 0 radical (unpaired) electrons. The maximum Gasteiger partial charge on any atom is 0.175 e. The van der Waals surface area contributed by atoms with Gasteiger partial charge in [-0.05, 0) is 67.6 Å². The number of para-hydroxylation sites is 1. The van der Waals surface area contributed by atoms with Crippen LogP contribution in [0.5, 0.6) is 23.0 Å². The fourth-order valence-electron chi connectivity index (χ4n) is 3.06. The van der Waals surface area contributed by atoms with Crippen molar-refractivity contribution < 1.29 is 22.3 Å². The second-order valence-electron chi connectivity index (χ2n) is 7.56. The van der Waals surface area contributed by atoms with Gasteiger partial charge in [-0.15, -0.1) is 0 Å². The van der Waals surface area contributed by atoms with E-state index >= 15 is 0 Å². The fraction of sp³-hybridized carbons (Fsp3) is 0.0769. The van der Waals surface area contributed by atoms with Crippen LogP contribution in [-0.2, 0) is 9.84 Å². The average molecular weight is 492 g/mol. The minimum absolute atomic E-state index is 0.0376. The van der Waals surface area contributed by atoms with Crippen LogP contribution < -0.4 is 14.9 Å². The number of halogens is 1. The third-order valence-electron chi connectivity index (χ3n) is 4.88. The van der Waals surface area contributed by atoms with Gasteiger partial charge in [-0.2, -0.15) is 5.10 Å². The van der Waals surface area contributed by atoms with Crippen LogP contribution >= 0.6 is 0 Å². The molecular formula is C26H22FN3O4S. The minimum atomic E-state index is -3.31. The Balaban J connectivity index is 1.62. The molecule has 1 N–H and O–H groups in total. The summed E-state index contributed by atoms with van der Waals surface area (Å²) in [7, 11) is -3.31. The summed E-state index contributed by atoms with van der Waals surface area (Å²) in [5, 5.41) is 4.37. The van der Waals surface area contributed by atoms with Gasteiger partial charge in [0.1, 0.15) is 11.5 Å². The van der Waals surface area contributed by atoms with Crippen molar-refractivity contribution in [1.82, 2.24) is 4.98 Å². The zero-order valence-electron chi connectivity index (χ0n) is 19.0. The molecule has 0 atom stereocenters. The molecule has 0 bridgehead atoms. The summed E-state index contributed by atoms with van der Waals surface area (Å²) in [4.78, 5) is 4.45. The number of nitrogens with one attached hydrogen (secondary N) is 1. The highest BCUT2D eigenvalue weighted by Gasteiger charge is 2.12. The van der Waals surface area contributed by atoms with Gasteiger partial charge in [-0.3, -0.25) is 10.4 Å². The lowest BCUT2D eigenvalue weighted by Gasteiger charge is -2.14. The molecule has 0 saturated carbocycles. The number of nitrogens with zero attached hydrogens (tertiary/aromatic N) is 2. The second kappa shape index (κ2) is 10.4. The van der Waals surface area contributed by atoms with Gasteiger partial charge in [-0.1, -0.05) is 18.2 Å². The van der Waals surface area contributed by atoms with E-state index in [1.54, 1.807) is 48.7 Å². The average Bonchev–Trinajstić information content (AvgIpc) is 2.85. The molecule has 0 unspecified atom stereocenters. The van der Waals surface area contributed by atoms with Crippen molar-refractivity contribution in [3.63, 3.8) is 0 Å². The Labute approximate surface area is 202 Å². The third kappa shape index (κ3) is 6.21. The monoisotopic (exact) mass is 491 g/mol. The maximum atomic E-state index is 14.3. The normalized spacial score (nSPS) is 11.7. The van der Waals surface area contributed by atoms with Crippen molar-refractivity contribution in [2.45, 2.75) is 11.8 Å². The van der Waals surface area contributed by atoms with Crippen LogP contribution in [0.15, 0.2) is 101 Å². The Morgan fingerprint density at radius 2 is 1.60 bits per heavy atom. The van der Waals surface area contributed by atoms with Gasteiger partial charge in [0.15, 0.2) is 27.2 Å². The van der Waals surface area contributed by atoms with Crippen molar-refractivity contribution >= 4 is 21.2 Å². The van der Waals surface area contributed by atoms with Crippen molar-refractivity contribution in [1.29, 1.82) is 0 Å². The van der Waals surface area contributed by atoms with Crippen LogP contribution in [0.1, 0.15) is 12.6 Å². The summed E-state index contributed by atoms with van der Waals surface area (Å²) in [6, 6.07) is 22.6. The molecule has 35 heavy (non-hydrogen) atoms. The van der Waals surface area contributed by atoms with E-state index in [1.165, 1.54) is 24.3 Å².